The molecular formula is C13H17ClN2O2S. The number of alkyl halides is 1. The van der Waals surface area contributed by atoms with E-state index in [0.717, 1.165) is 30.1 Å². The van der Waals surface area contributed by atoms with Crippen LogP contribution in [0.2, 0.25) is 0 Å². The number of non-ortho nitro benzene ring substituents is 1. The van der Waals surface area contributed by atoms with Gasteiger partial charge in [-0.1, -0.05) is 0 Å². The summed E-state index contributed by atoms with van der Waals surface area (Å²) in [5.41, 5.74) is 1.96. The van der Waals surface area contributed by atoms with Crippen molar-refractivity contribution in [2.45, 2.75) is 24.5 Å². The van der Waals surface area contributed by atoms with Gasteiger partial charge in [0, 0.05) is 47.3 Å². The summed E-state index contributed by atoms with van der Waals surface area (Å²) in [6.45, 7) is 6.32. The lowest BCUT2D eigenvalue weighted by Crippen LogP contribution is -2.43. The van der Waals surface area contributed by atoms with Gasteiger partial charge in [-0.2, -0.15) is 11.8 Å². The molecule has 0 aliphatic carbocycles. The molecule has 1 heterocycles. The van der Waals surface area contributed by atoms with Crippen LogP contribution in [-0.4, -0.2) is 28.5 Å². The van der Waals surface area contributed by atoms with Crippen molar-refractivity contribution < 1.29 is 4.92 Å². The molecule has 0 radical (unpaired) electrons. The molecule has 0 aromatic heterocycles. The summed E-state index contributed by atoms with van der Waals surface area (Å²) in [6.07, 6.45) is 0. The van der Waals surface area contributed by atoms with E-state index >= 15 is 0 Å². The monoisotopic (exact) mass is 300 g/mol. The zero-order chi connectivity index (χ0) is 14.0. The molecular weight excluding hydrogens is 284 g/mol. The lowest BCUT2D eigenvalue weighted by molar-refractivity contribution is -0.384. The van der Waals surface area contributed by atoms with Gasteiger partial charge in [0.2, 0.25) is 0 Å². The minimum atomic E-state index is -0.379. The standard InChI is InChI=1S/C13H17ClN2O2S/c1-13(2)9-15(5-6-19-13)12-4-3-11(16(17)18)7-10(12)8-14/h3-4,7H,5-6,8-9H2,1-2H3. The zero-order valence-corrected chi connectivity index (χ0v) is 12.6. The van der Waals surface area contributed by atoms with Crippen LogP contribution in [-0.2, 0) is 5.88 Å². The molecule has 19 heavy (non-hydrogen) atoms. The third-order valence-corrected chi connectivity index (χ3v) is 4.77. The minimum absolute atomic E-state index is 0.102. The fourth-order valence-electron chi connectivity index (χ4n) is 2.32. The molecule has 1 aromatic rings. The maximum atomic E-state index is 10.8. The van der Waals surface area contributed by atoms with Crippen LogP contribution in [0.4, 0.5) is 11.4 Å². The van der Waals surface area contributed by atoms with Crippen molar-refractivity contribution in [1.82, 2.24) is 0 Å². The van der Waals surface area contributed by atoms with Crippen molar-refractivity contribution in [3.63, 3.8) is 0 Å². The van der Waals surface area contributed by atoms with Crippen molar-refractivity contribution in [2.75, 3.05) is 23.7 Å². The minimum Gasteiger partial charge on any atom is -0.369 e. The summed E-state index contributed by atoms with van der Waals surface area (Å²) >= 11 is 7.90. The summed E-state index contributed by atoms with van der Waals surface area (Å²) in [5.74, 6) is 1.35. The summed E-state index contributed by atoms with van der Waals surface area (Å²) in [7, 11) is 0. The van der Waals surface area contributed by atoms with E-state index in [0.29, 0.717) is 5.88 Å². The fourth-order valence-corrected chi connectivity index (χ4v) is 3.65. The second-order valence-electron chi connectivity index (χ2n) is 5.23. The maximum Gasteiger partial charge on any atom is 0.269 e. The summed E-state index contributed by atoms with van der Waals surface area (Å²) in [5, 5.41) is 10.8. The van der Waals surface area contributed by atoms with Crippen LogP contribution in [0, 0.1) is 10.1 Å². The number of thioether (sulfide) groups is 1. The Morgan fingerprint density at radius 3 is 2.84 bits per heavy atom. The summed E-state index contributed by atoms with van der Waals surface area (Å²) in [4.78, 5) is 12.7. The molecule has 1 aliphatic heterocycles. The first-order valence-corrected chi connectivity index (χ1v) is 7.67. The van der Waals surface area contributed by atoms with Crippen LogP contribution in [0.5, 0.6) is 0 Å². The fraction of sp³-hybridized carbons (Fsp3) is 0.538. The van der Waals surface area contributed by atoms with E-state index in [2.05, 4.69) is 18.7 Å². The number of hydrogen-bond donors (Lipinski definition) is 0. The first-order chi connectivity index (χ1) is 8.93. The predicted octanol–water partition coefficient (Wildman–Crippen LogP) is 3.67. The Balaban J connectivity index is 2.31. The van der Waals surface area contributed by atoms with Gasteiger partial charge in [-0.05, 0) is 25.5 Å². The Hall–Kier alpha value is -0.940. The Bertz CT molecular complexity index is 494. The van der Waals surface area contributed by atoms with Crippen molar-refractivity contribution in [3.8, 4) is 0 Å². The second-order valence-corrected chi connectivity index (χ2v) is 7.30. The number of halogens is 1. The molecule has 0 atom stereocenters. The van der Waals surface area contributed by atoms with Crippen molar-refractivity contribution in [1.29, 1.82) is 0 Å². The molecule has 0 unspecified atom stereocenters. The van der Waals surface area contributed by atoms with Gasteiger partial charge in [-0.15, -0.1) is 11.6 Å². The zero-order valence-electron chi connectivity index (χ0n) is 11.1. The topological polar surface area (TPSA) is 46.4 Å². The molecule has 6 heteroatoms. The van der Waals surface area contributed by atoms with Crippen LogP contribution in [0.15, 0.2) is 18.2 Å². The molecule has 1 saturated heterocycles. The smallest absolute Gasteiger partial charge is 0.269 e. The maximum absolute atomic E-state index is 10.8. The van der Waals surface area contributed by atoms with Crippen LogP contribution < -0.4 is 4.90 Å². The number of rotatable bonds is 3. The lowest BCUT2D eigenvalue weighted by Gasteiger charge is -2.39. The molecule has 0 saturated carbocycles. The van der Waals surface area contributed by atoms with Gasteiger partial charge in [-0.3, -0.25) is 10.1 Å². The van der Waals surface area contributed by atoms with Gasteiger partial charge < -0.3 is 4.90 Å². The molecule has 1 aromatic carbocycles. The van der Waals surface area contributed by atoms with Crippen LogP contribution >= 0.6 is 23.4 Å². The van der Waals surface area contributed by atoms with Crippen LogP contribution in [0.3, 0.4) is 0 Å². The Kier molecular flexibility index (Phi) is 4.26. The third kappa shape index (κ3) is 3.34. The number of benzene rings is 1. The van der Waals surface area contributed by atoms with Gasteiger partial charge in [-0.25, -0.2) is 0 Å². The Morgan fingerprint density at radius 1 is 1.53 bits per heavy atom. The lowest BCUT2D eigenvalue weighted by atomic mass is 10.1. The number of nitrogens with zero attached hydrogens (tertiary/aromatic N) is 2. The van der Waals surface area contributed by atoms with Crippen LogP contribution in [0.25, 0.3) is 0 Å². The highest BCUT2D eigenvalue weighted by Gasteiger charge is 2.28. The van der Waals surface area contributed by atoms with E-state index in [1.54, 1.807) is 12.1 Å². The highest BCUT2D eigenvalue weighted by Crippen LogP contribution is 2.35. The van der Waals surface area contributed by atoms with E-state index in [9.17, 15) is 10.1 Å². The summed E-state index contributed by atoms with van der Waals surface area (Å²) < 4.78 is 0.198. The first kappa shape index (κ1) is 14.5. The van der Waals surface area contributed by atoms with Gasteiger partial charge >= 0.3 is 0 Å². The van der Waals surface area contributed by atoms with E-state index in [1.165, 1.54) is 0 Å². The first-order valence-electron chi connectivity index (χ1n) is 6.15. The molecule has 4 nitrogen and oxygen atoms in total. The average molecular weight is 301 g/mol. The van der Waals surface area contributed by atoms with Gasteiger partial charge in [0.15, 0.2) is 0 Å². The number of nitro benzene ring substituents is 1. The van der Waals surface area contributed by atoms with E-state index < -0.39 is 0 Å². The highest BCUT2D eigenvalue weighted by atomic mass is 35.5. The molecule has 2 rings (SSSR count). The van der Waals surface area contributed by atoms with Crippen molar-refractivity contribution >= 4 is 34.7 Å². The summed E-state index contributed by atoms with van der Waals surface area (Å²) in [6, 6.07) is 4.96. The van der Waals surface area contributed by atoms with Crippen molar-refractivity contribution in [3.05, 3.63) is 33.9 Å². The van der Waals surface area contributed by atoms with Gasteiger partial charge in [0.05, 0.1) is 4.92 Å². The molecule has 104 valence electrons. The van der Waals surface area contributed by atoms with Gasteiger partial charge in [0.25, 0.3) is 5.69 Å². The predicted molar refractivity (Wildman–Crippen MR) is 81.4 cm³/mol. The number of hydrogen-bond acceptors (Lipinski definition) is 4. The average Bonchev–Trinajstić information content (AvgIpc) is 2.36. The number of nitro groups is 1. The molecule has 0 amide bonds. The Morgan fingerprint density at radius 2 is 2.26 bits per heavy atom. The Labute approximate surface area is 122 Å². The third-order valence-electron chi connectivity index (χ3n) is 3.18. The molecule has 1 aliphatic rings. The number of anilines is 1. The quantitative estimate of drug-likeness (QED) is 0.485. The second kappa shape index (κ2) is 5.59. The van der Waals surface area contributed by atoms with Crippen LogP contribution in [0.1, 0.15) is 19.4 Å². The normalized spacial score (nSPS) is 18.4. The molecule has 0 N–H and O–H groups in total. The largest absolute Gasteiger partial charge is 0.369 e. The molecule has 0 bridgehead atoms. The highest BCUT2D eigenvalue weighted by molar-refractivity contribution is 8.00. The van der Waals surface area contributed by atoms with Gasteiger partial charge in [0.1, 0.15) is 0 Å². The SMILES string of the molecule is CC1(C)CN(c2ccc([N+](=O)[O-])cc2CCl)CCS1. The van der Waals surface area contributed by atoms with E-state index in [4.69, 9.17) is 11.6 Å². The molecule has 1 fully saturated rings. The molecule has 0 spiro atoms. The van der Waals surface area contributed by atoms with Crippen molar-refractivity contribution in [2.24, 2.45) is 0 Å². The van der Waals surface area contributed by atoms with E-state index in [-0.39, 0.29) is 15.4 Å². The van der Waals surface area contributed by atoms with E-state index in [1.807, 2.05) is 17.8 Å².